The Labute approximate surface area is 772 Å². The minimum absolute atomic E-state index is 0.0382. The zero-order valence-corrected chi connectivity index (χ0v) is 84.8. The molecule has 0 aromatic heterocycles. The summed E-state index contributed by atoms with van der Waals surface area (Å²) >= 11 is 0. The summed E-state index contributed by atoms with van der Waals surface area (Å²) < 4.78 is 17.3. The van der Waals surface area contributed by atoms with Crippen LogP contribution in [0.3, 0.4) is 0 Å². The first-order chi connectivity index (χ1) is 60.7. The highest BCUT2D eigenvalue weighted by atomic mass is 16.5. The number of hydrogen-bond acceptors (Lipinski definition) is 10. The number of rotatable bonds is 98. The van der Waals surface area contributed by atoms with Crippen LogP contribution in [0, 0.1) is 17.8 Å². The predicted octanol–water partition coefficient (Wildman–Crippen LogP) is 33.0. The summed E-state index contributed by atoms with van der Waals surface area (Å²) in [6, 6.07) is 0.514. The predicted molar refractivity (Wildman–Crippen MR) is 539 cm³/mol. The van der Waals surface area contributed by atoms with Gasteiger partial charge < -0.3 is 33.8 Å². The molecule has 0 aliphatic heterocycles. The highest BCUT2D eigenvalue weighted by Crippen LogP contribution is 2.28. The van der Waals surface area contributed by atoms with E-state index in [4.69, 9.17) is 14.2 Å². The van der Waals surface area contributed by atoms with E-state index in [1.165, 1.54) is 308 Å². The fourth-order valence-electron chi connectivity index (χ4n) is 18.2. The molecular weight excluding hydrogens is 1530 g/mol. The molecule has 0 radical (unpaired) electrons. The van der Waals surface area contributed by atoms with E-state index in [1.807, 2.05) is 6.92 Å². The summed E-state index contributed by atoms with van der Waals surface area (Å²) in [6.45, 7) is 20.8. The van der Waals surface area contributed by atoms with Gasteiger partial charge >= 0.3 is 17.9 Å². The van der Waals surface area contributed by atoms with Crippen molar-refractivity contribution in [1.29, 1.82) is 0 Å². The van der Waals surface area contributed by atoms with E-state index >= 15 is 0 Å². The first-order valence-electron chi connectivity index (χ1n) is 54.6. The van der Waals surface area contributed by atoms with Gasteiger partial charge in [0.1, 0.15) is 0 Å². The van der Waals surface area contributed by atoms with Crippen LogP contribution in [0.4, 0.5) is 0 Å². The fraction of sp³-hybridized carbons (Fsp3) is 0.884. The second-order valence-electron chi connectivity index (χ2n) is 38.7. The minimum atomic E-state index is -0.0928. The van der Waals surface area contributed by atoms with Crippen LogP contribution < -0.4 is 0 Å². The van der Waals surface area contributed by atoms with E-state index in [9.17, 15) is 24.0 Å². The summed E-state index contributed by atoms with van der Waals surface area (Å²) in [5, 5.41) is 0. The van der Waals surface area contributed by atoms with Crippen molar-refractivity contribution in [2.45, 2.75) is 549 Å². The summed E-state index contributed by atoms with van der Waals surface area (Å²) in [5.41, 5.74) is 0. The summed E-state index contributed by atoms with van der Waals surface area (Å²) in [6.07, 6.45) is 106. The van der Waals surface area contributed by atoms with Gasteiger partial charge in [0.05, 0.1) is 19.8 Å². The molecule has 0 N–H and O–H groups in total. The van der Waals surface area contributed by atoms with Crippen LogP contribution in [-0.4, -0.2) is 136 Å². The lowest BCUT2D eigenvalue weighted by Crippen LogP contribution is -2.41. The minimum Gasteiger partial charge on any atom is -0.466 e. The van der Waals surface area contributed by atoms with Gasteiger partial charge in [-0.25, -0.2) is 0 Å². The maximum Gasteiger partial charge on any atom is 0.305 e. The van der Waals surface area contributed by atoms with Crippen molar-refractivity contribution in [2.75, 3.05) is 74.2 Å². The van der Waals surface area contributed by atoms with Crippen molar-refractivity contribution in [3.8, 4) is 0 Å². The Bertz CT molecular complexity index is 2420. The zero-order valence-electron chi connectivity index (χ0n) is 84.8. The molecule has 0 aliphatic carbocycles. The van der Waals surface area contributed by atoms with Crippen molar-refractivity contribution in [3.63, 3.8) is 0 Å². The lowest BCUT2D eigenvalue weighted by Gasteiger charge is -2.33. The summed E-state index contributed by atoms with van der Waals surface area (Å²) in [4.78, 5) is 76.0. The molecule has 0 aromatic carbocycles. The Morgan fingerprint density at radius 2 is 0.484 bits per heavy atom. The number of allylic oxidation sites excluding steroid dienone is 8. The average molecular weight is 1740 g/mol. The van der Waals surface area contributed by atoms with Gasteiger partial charge in [-0.05, 0) is 226 Å². The molecule has 0 saturated heterocycles. The Balaban J connectivity index is 5.29. The topological polar surface area (TPSA) is 126 Å². The molecule has 124 heavy (non-hydrogen) atoms. The van der Waals surface area contributed by atoms with Crippen LogP contribution in [0.5, 0.6) is 0 Å². The lowest BCUT2D eigenvalue weighted by atomic mass is 9.92. The quantitative estimate of drug-likeness (QED) is 0.0251. The molecule has 12 heteroatoms. The number of ether oxygens (including phenoxy) is 3. The third-order valence-corrected chi connectivity index (χ3v) is 26.3. The molecule has 5 unspecified atom stereocenters. The standard InChI is InChI=1S/C112H212N4O8/c1-12-19-24-29-33-34-35-36-37-38-41-44-47-50-56-71-88-106(115(99-80-97-113(8)9)109(118)93-76-59-52-60-77-94-110(119)122-18-7)89-72-57-51-48-45-42-39-40-43-46-49-55-66-82-103(17-6)83-67-61-62-70-87-105(86-69-54-31-26-21-14-3)102-124-112(121)96-79-64-74-91-107(116(100-81-98-114(10)11)108(117)92-75-58-32-27-22-15-4)90-73-63-78-95-111(120)123-101-104(84-65-28-23-16-5)85-68-53-30-25-20-13-2/h33-34,36-37,40,43,49,55,103-107H,12-32,35,38-39,41-42,44-48,50-54,56-102H2,1-11H3/b34-33-,37-36-,43-40-,55-49-. The van der Waals surface area contributed by atoms with Gasteiger partial charge in [0.15, 0.2) is 0 Å². The molecule has 0 bridgehead atoms. The SMILES string of the molecule is CCCCC/C=C\C/C=C\CCCCCCCCC(CCCCCCCC/C=C\C/C=C\CCC(CC)CCCCCCC(CCCCCCCC)COC(=O)CCCCCC(CCCCCC(=O)OCC(CCCCCC)CCCCCCCC)N(CCCN(C)C)C(=O)CCCCCCCC)N(CCCN(C)C)C(=O)CCCCCCCC(=O)OCC. The molecule has 5 atom stereocenters. The Kier molecular flexibility index (Phi) is 92.4. The van der Waals surface area contributed by atoms with Crippen molar-refractivity contribution >= 4 is 29.7 Å². The van der Waals surface area contributed by atoms with Crippen LogP contribution in [0.15, 0.2) is 48.6 Å². The zero-order chi connectivity index (χ0) is 90.6. The summed E-state index contributed by atoms with van der Waals surface area (Å²) in [5.74, 6) is 2.22. The van der Waals surface area contributed by atoms with Gasteiger partial charge in [0, 0.05) is 57.3 Å². The number of carbonyl (C=O) groups is 5. The molecular formula is C112H212N4O8. The third-order valence-electron chi connectivity index (χ3n) is 26.3. The number of nitrogens with zero attached hydrogens (tertiary/aromatic N) is 4. The average Bonchev–Trinajstić information content (AvgIpc) is 0.882. The largest absolute Gasteiger partial charge is 0.466 e. The van der Waals surface area contributed by atoms with Crippen molar-refractivity contribution in [1.82, 2.24) is 19.6 Å². The van der Waals surface area contributed by atoms with Crippen LogP contribution in [-0.2, 0) is 38.2 Å². The maximum atomic E-state index is 14.3. The Morgan fingerprint density at radius 3 is 0.806 bits per heavy atom. The van der Waals surface area contributed by atoms with Gasteiger partial charge in [-0.2, -0.15) is 0 Å². The monoisotopic (exact) mass is 1740 g/mol. The van der Waals surface area contributed by atoms with Crippen LogP contribution in [0.1, 0.15) is 536 Å². The van der Waals surface area contributed by atoms with Crippen molar-refractivity contribution < 1.29 is 38.2 Å². The molecule has 0 heterocycles. The first kappa shape index (κ1) is 120. The van der Waals surface area contributed by atoms with Gasteiger partial charge in [-0.15, -0.1) is 0 Å². The second-order valence-corrected chi connectivity index (χ2v) is 38.7. The van der Waals surface area contributed by atoms with Gasteiger partial charge in [0.2, 0.25) is 11.8 Å². The second kappa shape index (κ2) is 95.3. The first-order valence-corrected chi connectivity index (χ1v) is 54.6. The number of hydrogen-bond donors (Lipinski definition) is 0. The molecule has 0 saturated carbocycles. The van der Waals surface area contributed by atoms with E-state index < -0.39 is 0 Å². The van der Waals surface area contributed by atoms with E-state index in [0.29, 0.717) is 81.6 Å². The summed E-state index contributed by atoms with van der Waals surface area (Å²) in [7, 11) is 8.54. The molecule has 0 aliphatic rings. The molecule has 0 rings (SSSR count). The molecule has 12 nitrogen and oxygen atoms in total. The molecule has 0 spiro atoms. The third kappa shape index (κ3) is 82.6. The highest BCUT2D eigenvalue weighted by molar-refractivity contribution is 5.77. The van der Waals surface area contributed by atoms with E-state index in [2.05, 4.69) is 138 Å². The van der Waals surface area contributed by atoms with Gasteiger partial charge in [-0.1, -0.05) is 386 Å². The molecule has 0 aromatic rings. The maximum absolute atomic E-state index is 14.3. The van der Waals surface area contributed by atoms with E-state index in [0.717, 1.165) is 180 Å². The van der Waals surface area contributed by atoms with E-state index in [-0.39, 0.29) is 23.9 Å². The molecule has 2 amide bonds. The van der Waals surface area contributed by atoms with Crippen LogP contribution in [0.2, 0.25) is 0 Å². The Hall–Kier alpha value is -3.77. The normalized spacial score (nSPS) is 13.2. The highest BCUT2D eigenvalue weighted by Gasteiger charge is 2.26. The fourth-order valence-corrected chi connectivity index (χ4v) is 18.2. The number of unbranched alkanes of at least 4 members (excludes halogenated alkanes) is 44. The van der Waals surface area contributed by atoms with Crippen LogP contribution >= 0.6 is 0 Å². The molecule has 728 valence electrons. The van der Waals surface area contributed by atoms with Gasteiger partial charge in [0.25, 0.3) is 0 Å². The van der Waals surface area contributed by atoms with Gasteiger partial charge in [-0.3, -0.25) is 24.0 Å². The van der Waals surface area contributed by atoms with Crippen molar-refractivity contribution in [2.24, 2.45) is 17.8 Å². The Morgan fingerprint density at radius 1 is 0.234 bits per heavy atom. The number of esters is 3. The number of amides is 2. The van der Waals surface area contributed by atoms with Crippen molar-refractivity contribution in [3.05, 3.63) is 48.6 Å². The number of carbonyl (C=O) groups excluding carboxylic acids is 5. The smallest absolute Gasteiger partial charge is 0.305 e. The lowest BCUT2D eigenvalue weighted by molar-refractivity contribution is -0.146. The molecule has 0 fully saturated rings. The van der Waals surface area contributed by atoms with E-state index in [1.54, 1.807) is 0 Å². The van der Waals surface area contributed by atoms with Crippen LogP contribution in [0.25, 0.3) is 0 Å².